The van der Waals surface area contributed by atoms with Crippen molar-refractivity contribution in [3.63, 3.8) is 0 Å². The smallest absolute Gasteiger partial charge is 0.408 e. The van der Waals surface area contributed by atoms with E-state index in [-0.39, 0.29) is 11.9 Å². The predicted octanol–water partition coefficient (Wildman–Crippen LogP) is 3.64. The van der Waals surface area contributed by atoms with Crippen LogP contribution in [0, 0.1) is 13.8 Å². The first-order valence-corrected chi connectivity index (χ1v) is 7.54. The molecular formula is C16H20F3N3O2. The van der Waals surface area contributed by atoms with Gasteiger partial charge in [-0.15, -0.1) is 0 Å². The summed E-state index contributed by atoms with van der Waals surface area (Å²) in [6, 6.07) is 3.13. The molecule has 2 aromatic rings. The fraction of sp³-hybridized carbons (Fsp3) is 0.500. The van der Waals surface area contributed by atoms with Crippen molar-refractivity contribution < 1.29 is 22.4 Å². The van der Waals surface area contributed by atoms with Gasteiger partial charge in [-0.2, -0.15) is 18.3 Å². The zero-order valence-electron chi connectivity index (χ0n) is 13.9. The van der Waals surface area contributed by atoms with E-state index in [1.807, 2.05) is 0 Å². The highest BCUT2D eigenvalue weighted by molar-refractivity contribution is 5.84. The lowest BCUT2D eigenvalue weighted by Gasteiger charge is -2.17. The van der Waals surface area contributed by atoms with E-state index in [4.69, 9.17) is 4.42 Å². The summed E-state index contributed by atoms with van der Waals surface area (Å²) >= 11 is 0. The van der Waals surface area contributed by atoms with Gasteiger partial charge in [0.2, 0.25) is 5.91 Å². The van der Waals surface area contributed by atoms with Gasteiger partial charge in [-0.05, 0) is 39.8 Å². The molecule has 132 valence electrons. The summed E-state index contributed by atoms with van der Waals surface area (Å²) in [7, 11) is 0. The average Bonchev–Trinajstić information content (AvgIpc) is 3.06. The van der Waals surface area contributed by atoms with Crippen molar-refractivity contribution in [2.24, 2.45) is 0 Å². The molecule has 2 atom stereocenters. The Morgan fingerprint density at radius 2 is 2.04 bits per heavy atom. The summed E-state index contributed by atoms with van der Waals surface area (Å²) in [4.78, 5) is 12.4. The number of alkyl halides is 3. The van der Waals surface area contributed by atoms with Crippen molar-refractivity contribution in [2.45, 2.75) is 52.4 Å². The molecular weight excluding hydrogens is 323 g/mol. The minimum Gasteiger partial charge on any atom is -0.467 e. The topological polar surface area (TPSA) is 60.1 Å². The zero-order chi connectivity index (χ0) is 18.1. The molecule has 0 spiro atoms. The van der Waals surface area contributed by atoms with Gasteiger partial charge in [0, 0.05) is 11.3 Å². The summed E-state index contributed by atoms with van der Waals surface area (Å²) in [5, 5.41) is 6.73. The molecule has 5 nitrogen and oxygen atoms in total. The summed E-state index contributed by atoms with van der Waals surface area (Å²) in [6.45, 7) is 5.40. The number of aromatic nitrogens is 2. The van der Waals surface area contributed by atoms with E-state index in [1.165, 1.54) is 6.26 Å². The molecule has 2 heterocycles. The van der Waals surface area contributed by atoms with Crippen molar-refractivity contribution in [3.05, 3.63) is 41.1 Å². The number of nitrogens with zero attached hydrogens (tertiary/aromatic N) is 2. The molecule has 0 aliphatic carbocycles. The van der Waals surface area contributed by atoms with Gasteiger partial charge in [0.05, 0.1) is 23.9 Å². The van der Waals surface area contributed by atoms with Crippen LogP contribution in [-0.2, 0) is 11.3 Å². The zero-order valence-corrected chi connectivity index (χ0v) is 13.9. The van der Waals surface area contributed by atoms with E-state index < -0.39 is 18.6 Å². The van der Waals surface area contributed by atoms with Gasteiger partial charge in [0.25, 0.3) is 0 Å². The van der Waals surface area contributed by atoms with Crippen LogP contribution in [0.3, 0.4) is 0 Å². The van der Waals surface area contributed by atoms with Crippen LogP contribution in [0.4, 0.5) is 13.2 Å². The van der Waals surface area contributed by atoms with E-state index in [9.17, 15) is 18.0 Å². The van der Waals surface area contributed by atoms with Crippen LogP contribution in [0.25, 0.3) is 0 Å². The molecule has 0 bridgehead atoms. The molecule has 1 amide bonds. The third-order valence-electron chi connectivity index (χ3n) is 3.92. The second-order valence-electron chi connectivity index (χ2n) is 5.82. The number of hydrogen-bond donors (Lipinski definition) is 1. The van der Waals surface area contributed by atoms with Gasteiger partial charge < -0.3 is 9.73 Å². The fourth-order valence-corrected chi connectivity index (χ4v) is 2.74. The van der Waals surface area contributed by atoms with Crippen LogP contribution in [0.5, 0.6) is 0 Å². The maximum atomic E-state index is 12.6. The van der Waals surface area contributed by atoms with Crippen molar-refractivity contribution in [3.8, 4) is 0 Å². The number of furan rings is 1. The number of aryl methyl sites for hydroxylation is 1. The van der Waals surface area contributed by atoms with Gasteiger partial charge in [-0.3, -0.25) is 9.48 Å². The quantitative estimate of drug-likeness (QED) is 0.902. The molecule has 2 rings (SSSR count). The van der Waals surface area contributed by atoms with Gasteiger partial charge in [0.15, 0.2) is 0 Å². The Bertz CT molecular complexity index is 705. The minimum absolute atomic E-state index is 0.295. The third-order valence-corrected chi connectivity index (χ3v) is 3.92. The monoisotopic (exact) mass is 343 g/mol. The van der Waals surface area contributed by atoms with Crippen molar-refractivity contribution >= 4 is 5.91 Å². The molecule has 0 aliphatic rings. The van der Waals surface area contributed by atoms with Crippen LogP contribution < -0.4 is 5.32 Å². The van der Waals surface area contributed by atoms with E-state index >= 15 is 0 Å². The normalized spacial score (nSPS) is 14.5. The summed E-state index contributed by atoms with van der Waals surface area (Å²) in [5.74, 6) is -0.308. The number of amides is 1. The first-order chi connectivity index (χ1) is 11.1. The van der Waals surface area contributed by atoms with E-state index in [0.717, 1.165) is 4.68 Å². The minimum atomic E-state index is -4.36. The molecule has 1 N–H and O–H groups in total. The van der Waals surface area contributed by atoms with Gasteiger partial charge in [0.1, 0.15) is 12.3 Å². The Morgan fingerprint density at radius 1 is 1.38 bits per heavy atom. The van der Waals surface area contributed by atoms with Crippen LogP contribution in [-0.4, -0.2) is 21.9 Å². The fourth-order valence-electron chi connectivity index (χ4n) is 2.74. The highest BCUT2D eigenvalue weighted by Gasteiger charge is 2.32. The summed E-state index contributed by atoms with van der Waals surface area (Å²) in [6.07, 6.45) is -2.85. The molecule has 2 aromatic heterocycles. The molecule has 0 saturated carbocycles. The standard InChI is InChI=1S/C16H20F3N3O2/c1-9(15(23)20-10(2)13-6-5-7-24-13)14-11(3)21-22(12(14)4)8-16(17,18)19/h5-7,9-10H,8H2,1-4H3,(H,20,23)/t9-,10+/m0/s1. The second kappa shape index (κ2) is 6.70. The molecule has 0 saturated heterocycles. The average molecular weight is 343 g/mol. The number of nitrogens with one attached hydrogen (secondary N) is 1. The van der Waals surface area contributed by atoms with Crippen LogP contribution in [0.1, 0.15) is 48.5 Å². The van der Waals surface area contributed by atoms with Crippen molar-refractivity contribution in [1.82, 2.24) is 15.1 Å². The maximum absolute atomic E-state index is 12.6. The lowest BCUT2D eigenvalue weighted by Crippen LogP contribution is -2.30. The molecule has 0 unspecified atom stereocenters. The number of rotatable bonds is 5. The Morgan fingerprint density at radius 3 is 2.58 bits per heavy atom. The summed E-state index contributed by atoms with van der Waals surface area (Å²) in [5.41, 5.74) is 1.28. The van der Waals surface area contributed by atoms with E-state index in [1.54, 1.807) is 39.8 Å². The second-order valence-corrected chi connectivity index (χ2v) is 5.82. The van der Waals surface area contributed by atoms with Gasteiger partial charge >= 0.3 is 6.18 Å². The Hall–Kier alpha value is -2.25. The number of carbonyl (C=O) groups is 1. The van der Waals surface area contributed by atoms with E-state index in [2.05, 4.69) is 10.4 Å². The lowest BCUT2D eigenvalue weighted by atomic mass is 9.98. The van der Waals surface area contributed by atoms with Crippen LogP contribution in [0.2, 0.25) is 0 Å². The van der Waals surface area contributed by atoms with E-state index in [0.29, 0.717) is 22.7 Å². The van der Waals surface area contributed by atoms with Gasteiger partial charge in [-0.25, -0.2) is 0 Å². The summed E-state index contributed by atoms with van der Waals surface area (Å²) < 4.78 is 43.9. The van der Waals surface area contributed by atoms with Gasteiger partial charge in [-0.1, -0.05) is 0 Å². The first kappa shape index (κ1) is 18.1. The lowest BCUT2D eigenvalue weighted by molar-refractivity contribution is -0.143. The Kier molecular flexibility index (Phi) is 5.05. The predicted molar refractivity (Wildman–Crippen MR) is 81.4 cm³/mol. The highest BCUT2D eigenvalue weighted by atomic mass is 19.4. The molecule has 0 aromatic carbocycles. The molecule has 0 fully saturated rings. The molecule has 8 heteroatoms. The number of carbonyl (C=O) groups excluding carboxylic acids is 1. The molecule has 0 radical (unpaired) electrons. The van der Waals surface area contributed by atoms with Crippen LogP contribution >= 0.6 is 0 Å². The molecule has 0 aliphatic heterocycles. The SMILES string of the molecule is Cc1nn(CC(F)(F)F)c(C)c1[C@H](C)C(=O)N[C@H](C)c1ccco1. The Balaban J connectivity index is 2.17. The maximum Gasteiger partial charge on any atom is 0.408 e. The largest absolute Gasteiger partial charge is 0.467 e. The number of halogens is 3. The molecule has 24 heavy (non-hydrogen) atoms. The number of hydrogen-bond acceptors (Lipinski definition) is 3. The third kappa shape index (κ3) is 3.98. The van der Waals surface area contributed by atoms with Crippen molar-refractivity contribution in [2.75, 3.05) is 0 Å². The Labute approximate surface area is 137 Å². The first-order valence-electron chi connectivity index (χ1n) is 7.54. The van der Waals surface area contributed by atoms with Crippen LogP contribution in [0.15, 0.2) is 22.8 Å². The highest BCUT2D eigenvalue weighted by Crippen LogP contribution is 2.27. The van der Waals surface area contributed by atoms with Crippen molar-refractivity contribution in [1.29, 1.82) is 0 Å².